The molecule has 1 aromatic rings. The molecule has 0 spiro atoms. The van der Waals surface area contributed by atoms with Crippen LogP contribution in [-0.2, 0) is 14.3 Å². The number of methoxy groups -OCH3 is 1. The number of aryl methyl sites for hydroxylation is 1. The van der Waals surface area contributed by atoms with Crippen LogP contribution in [-0.4, -0.2) is 37.0 Å². The molecule has 0 aliphatic rings. The van der Waals surface area contributed by atoms with Gasteiger partial charge in [-0.2, -0.15) is 0 Å². The Kier molecular flexibility index (Phi) is 7.37. The van der Waals surface area contributed by atoms with E-state index < -0.39 is 0 Å². The second-order valence-corrected chi connectivity index (χ2v) is 5.75. The molecule has 1 amide bonds. The zero-order chi connectivity index (χ0) is 16.5. The minimum atomic E-state index is -0.302. The fraction of sp³-hybridized carbons (Fsp3) is 0.444. The van der Waals surface area contributed by atoms with Crippen LogP contribution >= 0.6 is 0 Å². The first-order chi connectivity index (χ1) is 10.4. The van der Waals surface area contributed by atoms with Gasteiger partial charge in [-0.1, -0.05) is 43.7 Å². The van der Waals surface area contributed by atoms with Crippen molar-refractivity contribution in [2.75, 3.05) is 20.2 Å². The number of hydrogen-bond donors (Lipinski definition) is 0. The van der Waals surface area contributed by atoms with E-state index in [-0.39, 0.29) is 18.3 Å². The maximum absolute atomic E-state index is 12.3. The Balaban J connectivity index is 2.69. The quantitative estimate of drug-likeness (QED) is 0.574. The Morgan fingerprint density at radius 1 is 1.23 bits per heavy atom. The molecule has 120 valence electrons. The second kappa shape index (κ2) is 9.03. The number of esters is 1. The summed E-state index contributed by atoms with van der Waals surface area (Å²) in [6, 6.07) is 7.96. The van der Waals surface area contributed by atoms with E-state index in [9.17, 15) is 9.59 Å². The van der Waals surface area contributed by atoms with E-state index in [0.717, 1.165) is 5.56 Å². The predicted octanol–water partition coefficient (Wildman–Crippen LogP) is 3.06. The number of hydrogen-bond acceptors (Lipinski definition) is 3. The van der Waals surface area contributed by atoms with Crippen molar-refractivity contribution in [2.45, 2.75) is 27.2 Å². The van der Waals surface area contributed by atoms with E-state index in [1.165, 1.54) is 12.7 Å². The van der Waals surface area contributed by atoms with Gasteiger partial charge in [0.1, 0.15) is 0 Å². The monoisotopic (exact) mass is 303 g/mol. The van der Waals surface area contributed by atoms with Crippen molar-refractivity contribution < 1.29 is 14.3 Å². The van der Waals surface area contributed by atoms with E-state index in [1.807, 2.05) is 45.0 Å². The normalized spacial score (nSPS) is 11.0. The maximum Gasteiger partial charge on any atom is 0.307 e. The standard InChI is InChI=1S/C18H25NO3/c1-14(2)13-19(12-11-18(21)22-4)17(20)10-9-16-7-5-15(3)6-8-16/h5-10,14H,11-13H2,1-4H3/b10-9+. The van der Waals surface area contributed by atoms with Gasteiger partial charge in [-0.05, 0) is 24.5 Å². The second-order valence-electron chi connectivity index (χ2n) is 5.75. The van der Waals surface area contributed by atoms with E-state index in [0.29, 0.717) is 19.0 Å². The summed E-state index contributed by atoms with van der Waals surface area (Å²) < 4.78 is 4.63. The van der Waals surface area contributed by atoms with E-state index in [1.54, 1.807) is 17.1 Å². The van der Waals surface area contributed by atoms with E-state index in [2.05, 4.69) is 4.74 Å². The molecule has 4 heteroatoms. The molecule has 0 fully saturated rings. The highest BCUT2D eigenvalue weighted by Crippen LogP contribution is 2.07. The molecule has 0 unspecified atom stereocenters. The fourth-order valence-corrected chi connectivity index (χ4v) is 2.01. The first-order valence-electron chi connectivity index (χ1n) is 7.53. The number of amides is 1. The van der Waals surface area contributed by atoms with Crippen LogP contribution in [0.1, 0.15) is 31.4 Å². The Morgan fingerprint density at radius 3 is 2.41 bits per heavy atom. The minimum Gasteiger partial charge on any atom is -0.469 e. The summed E-state index contributed by atoms with van der Waals surface area (Å²) in [4.78, 5) is 25.3. The van der Waals surface area contributed by atoms with Crippen LogP contribution in [0, 0.1) is 12.8 Å². The van der Waals surface area contributed by atoms with Crippen LogP contribution in [0.4, 0.5) is 0 Å². The van der Waals surface area contributed by atoms with Gasteiger partial charge in [0, 0.05) is 19.2 Å². The van der Waals surface area contributed by atoms with Gasteiger partial charge >= 0.3 is 5.97 Å². The third-order valence-corrected chi connectivity index (χ3v) is 3.21. The Morgan fingerprint density at radius 2 is 1.86 bits per heavy atom. The van der Waals surface area contributed by atoms with Crippen molar-refractivity contribution >= 4 is 18.0 Å². The summed E-state index contributed by atoms with van der Waals surface area (Å²) >= 11 is 0. The highest BCUT2D eigenvalue weighted by atomic mass is 16.5. The van der Waals surface area contributed by atoms with Gasteiger partial charge in [-0.15, -0.1) is 0 Å². The lowest BCUT2D eigenvalue weighted by Crippen LogP contribution is -2.34. The molecular weight excluding hydrogens is 278 g/mol. The van der Waals surface area contributed by atoms with Crippen molar-refractivity contribution in [1.29, 1.82) is 0 Å². The third kappa shape index (κ3) is 6.57. The number of benzene rings is 1. The molecular formula is C18H25NO3. The maximum atomic E-state index is 12.3. The molecule has 0 heterocycles. The van der Waals surface area contributed by atoms with Gasteiger partial charge < -0.3 is 9.64 Å². The van der Waals surface area contributed by atoms with Gasteiger partial charge in [0.2, 0.25) is 5.91 Å². The molecule has 0 N–H and O–H groups in total. The smallest absolute Gasteiger partial charge is 0.307 e. The third-order valence-electron chi connectivity index (χ3n) is 3.21. The molecule has 4 nitrogen and oxygen atoms in total. The summed E-state index contributed by atoms with van der Waals surface area (Å²) in [5, 5.41) is 0. The number of carbonyl (C=O) groups is 2. The SMILES string of the molecule is COC(=O)CCN(CC(C)C)C(=O)/C=C/c1ccc(C)cc1. The molecule has 0 aromatic heterocycles. The van der Waals surface area contributed by atoms with Crippen molar-refractivity contribution in [3.05, 3.63) is 41.5 Å². The first-order valence-corrected chi connectivity index (χ1v) is 7.53. The Labute approximate surface area is 132 Å². The minimum absolute atomic E-state index is 0.0850. The van der Waals surface area contributed by atoms with Crippen molar-refractivity contribution in [1.82, 2.24) is 4.90 Å². The number of rotatable bonds is 7. The largest absolute Gasteiger partial charge is 0.469 e. The molecule has 22 heavy (non-hydrogen) atoms. The molecule has 0 aliphatic carbocycles. The molecule has 0 atom stereocenters. The lowest BCUT2D eigenvalue weighted by atomic mass is 10.1. The van der Waals surface area contributed by atoms with E-state index >= 15 is 0 Å². The van der Waals surface area contributed by atoms with Crippen molar-refractivity contribution in [3.8, 4) is 0 Å². The number of nitrogens with zero attached hydrogens (tertiary/aromatic N) is 1. The average molecular weight is 303 g/mol. The van der Waals surface area contributed by atoms with Crippen LogP contribution in [0.15, 0.2) is 30.3 Å². The summed E-state index contributed by atoms with van der Waals surface area (Å²) in [7, 11) is 1.36. The fourth-order valence-electron chi connectivity index (χ4n) is 2.01. The van der Waals surface area contributed by atoms with Crippen LogP contribution < -0.4 is 0 Å². The zero-order valence-electron chi connectivity index (χ0n) is 13.8. The van der Waals surface area contributed by atoms with E-state index in [4.69, 9.17) is 0 Å². The number of ether oxygens (including phenoxy) is 1. The Bertz CT molecular complexity index is 518. The molecule has 0 saturated heterocycles. The summed E-state index contributed by atoms with van der Waals surface area (Å²) in [6.45, 7) is 7.11. The molecule has 0 aliphatic heterocycles. The predicted molar refractivity (Wildman–Crippen MR) is 88.3 cm³/mol. The summed E-state index contributed by atoms with van der Waals surface area (Å²) in [5.41, 5.74) is 2.17. The highest BCUT2D eigenvalue weighted by molar-refractivity contribution is 5.92. The molecule has 1 rings (SSSR count). The van der Waals surface area contributed by atoms with Gasteiger partial charge in [-0.3, -0.25) is 9.59 Å². The average Bonchev–Trinajstić information content (AvgIpc) is 2.49. The van der Waals surface area contributed by atoms with Crippen LogP contribution in [0.2, 0.25) is 0 Å². The summed E-state index contributed by atoms with van der Waals surface area (Å²) in [5.74, 6) is -0.0448. The first kappa shape index (κ1) is 18.0. The van der Waals surface area contributed by atoms with Crippen molar-refractivity contribution in [2.24, 2.45) is 5.92 Å². The lowest BCUT2D eigenvalue weighted by molar-refractivity contribution is -0.141. The van der Waals surface area contributed by atoms with Crippen LogP contribution in [0.3, 0.4) is 0 Å². The topological polar surface area (TPSA) is 46.6 Å². The number of carbonyl (C=O) groups excluding carboxylic acids is 2. The van der Waals surface area contributed by atoms with Gasteiger partial charge in [0.15, 0.2) is 0 Å². The van der Waals surface area contributed by atoms with Crippen LogP contribution in [0.5, 0.6) is 0 Å². The van der Waals surface area contributed by atoms with Crippen molar-refractivity contribution in [3.63, 3.8) is 0 Å². The van der Waals surface area contributed by atoms with Gasteiger partial charge in [0.05, 0.1) is 13.5 Å². The molecule has 0 radical (unpaired) electrons. The highest BCUT2D eigenvalue weighted by Gasteiger charge is 2.14. The molecule has 0 saturated carbocycles. The summed E-state index contributed by atoms with van der Waals surface area (Å²) in [6.07, 6.45) is 3.57. The lowest BCUT2D eigenvalue weighted by Gasteiger charge is -2.22. The van der Waals surface area contributed by atoms with Gasteiger partial charge in [0.25, 0.3) is 0 Å². The van der Waals surface area contributed by atoms with Crippen LogP contribution in [0.25, 0.3) is 6.08 Å². The molecule has 0 bridgehead atoms. The Hall–Kier alpha value is -2.10. The molecule has 1 aromatic carbocycles. The zero-order valence-corrected chi connectivity index (χ0v) is 13.8. The van der Waals surface area contributed by atoms with Gasteiger partial charge in [-0.25, -0.2) is 0 Å².